The highest BCUT2D eigenvalue weighted by atomic mass is 16.5. The Morgan fingerprint density at radius 2 is 1.51 bits per heavy atom. The predicted molar refractivity (Wildman–Crippen MR) is 126 cm³/mol. The van der Waals surface area contributed by atoms with E-state index in [1.54, 1.807) is 60.5 Å². The van der Waals surface area contributed by atoms with Crippen molar-refractivity contribution in [1.29, 1.82) is 0 Å². The van der Waals surface area contributed by atoms with E-state index in [0.717, 1.165) is 6.42 Å². The van der Waals surface area contributed by atoms with Crippen molar-refractivity contribution >= 4 is 35.1 Å². The molecule has 4 aliphatic rings. The summed E-state index contributed by atoms with van der Waals surface area (Å²) in [4.78, 5) is 54.5. The normalized spacial score (nSPS) is 28.7. The van der Waals surface area contributed by atoms with E-state index in [9.17, 15) is 19.2 Å². The van der Waals surface area contributed by atoms with Crippen molar-refractivity contribution in [3.63, 3.8) is 0 Å². The van der Waals surface area contributed by atoms with Gasteiger partial charge < -0.3 is 14.4 Å². The van der Waals surface area contributed by atoms with Crippen LogP contribution in [0.5, 0.6) is 11.5 Å². The molecule has 0 spiro atoms. The number of carbonyl (C=O) groups excluding carboxylic acids is 4. The summed E-state index contributed by atoms with van der Waals surface area (Å²) in [5, 5.41) is 0. The molecule has 2 aromatic carbocycles. The smallest absolute Gasteiger partial charge is 0.316 e. The molecule has 8 nitrogen and oxygen atoms in total. The molecule has 1 saturated carbocycles. The summed E-state index contributed by atoms with van der Waals surface area (Å²) >= 11 is 0. The monoisotopic (exact) mass is 472 g/mol. The number of ether oxygens (including phenoxy) is 2. The maximum Gasteiger partial charge on any atom is 0.316 e. The molecule has 0 N–H and O–H groups in total. The summed E-state index contributed by atoms with van der Waals surface area (Å²) in [6.07, 6.45) is 5.01. The van der Waals surface area contributed by atoms with E-state index in [2.05, 4.69) is 12.2 Å². The molecular formula is C27H24N2O6. The van der Waals surface area contributed by atoms with Crippen LogP contribution in [0.3, 0.4) is 0 Å². The SMILES string of the molecule is COc1cccc(N2C[C@H](C(=O)Oc3cccc(N4C(=O)[C@H]5[C@H](C4=O)[C@H]4C=C[C@H]5C4)c3)CC2=O)c1. The third-order valence-electron chi connectivity index (χ3n) is 7.59. The Labute approximate surface area is 202 Å². The average molecular weight is 472 g/mol. The molecule has 8 heteroatoms. The van der Waals surface area contributed by atoms with Gasteiger partial charge in [-0.25, -0.2) is 4.90 Å². The number of amides is 3. The summed E-state index contributed by atoms with van der Waals surface area (Å²) in [6.45, 7) is 0.201. The third-order valence-corrected chi connectivity index (χ3v) is 7.59. The van der Waals surface area contributed by atoms with Gasteiger partial charge in [0.15, 0.2) is 0 Å². The predicted octanol–water partition coefficient (Wildman–Crippen LogP) is 2.97. The number of imide groups is 1. The molecule has 6 rings (SSSR count). The minimum absolute atomic E-state index is 0.0397. The Balaban J connectivity index is 1.16. The van der Waals surface area contributed by atoms with E-state index >= 15 is 0 Å². The van der Waals surface area contributed by atoms with Crippen LogP contribution in [0.25, 0.3) is 0 Å². The number of esters is 1. The van der Waals surface area contributed by atoms with Crippen LogP contribution < -0.4 is 19.3 Å². The number of methoxy groups -OCH3 is 1. The number of anilines is 2. The molecule has 0 unspecified atom stereocenters. The number of benzene rings is 2. The van der Waals surface area contributed by atoms with E-state index < -0.39 is 11.9 Å². The molecule has 2 aliphatic heterocycles. The first-order chi connectivity index (χ1) is 16.9. The quantitative estimate of drug-likeness (QED) is 0.288. The van der Waals surface area contributed by atoms with Crippen LogP contribution in [0, 0.1) is 29.6 Å². The standard InChI is InChI=1S/C27H24N2O6/c1-34-20-6-2-4-18(12-20)28-14-17(11-22(28)30)27(33)35-21-7-3-5-19(13-21)29-25(31)23-15-8-9-16(10-15)24(23)26(29)32/h2-9,12-13,15-17,23-24H,10-11,14H2,1H3/t15-,16-,17+,23+,24+/m0/s1. The minimum atomic E-state index is -0.631. The zero-order valence-electron chi connectivity index (χ0n) is 19.1. The number of nitrogens with zero attached hydrogens (tertiary/aromatic N) is 2. The van der Waals surface area contributed by atoms with Crippen LogP contribution in [0.15, 0.2) is 60.7 Å². The summed E-state index contributed by atoms with van der Waals surface area (Å²) < 4.78 is 10.8. The highest BCUT2D eigenvalue weighted by Crippen LogP contribution is 2.53. The van der Waals surface area contributed by atoms with Gasteiger partial charge in [0.05, 0.1) is 30.6 Å². The largest absolute Gasteiger partial charge is 0.497 e. The Bertz CT molecular complexity index is 1260. The van der Waals surface area contributed by atoms with E-state index in [4.69, 9.17) is 9.47 Å². The molecular weight excluding hydrogens is 448 g/mol. The molecule has 2 aliphatic carbocycles. The Morgan fingerprint density at radius 1 is 0.886 bits per heavy atom. The summed E-state index contributed by atoms with van der Waals surface area (Å²) in [5.41, 5.74) is 1.06. The first kappa shape index (κ1) is 21.6. The minimum Gasteiger partial charge on any atom is -0.497 e. The van der Waals surface area contributed by atoms with Gasteiger partial charge in [-0.1, -0.05) is 24.3 Å². The van der Waals surface area contributed by atoms with Crippen molar-refractivity contribution in [2.75, 3.05) is 23.5 Å². The van der Waals surface area contributed by atoms with Crippen LogP contribution in [0.1, 0.15) is 12.8 Å². The second-order valence-corrected chi connectivity index (χ2v) is 9.54. The van der Waals surface area contributed by atoms with Gasteiger partial charge in [0.1, 0.15) is 11.5 Å². The fraction of sp³-hybridized carbons (Fsp3) is 0.333. The van der Waals surface area contributed by atoms with Gasteiger partial charge >= 0.3 is 5.97 Å². The molecule has 3 fully saturated rings. The van der Waals surface area contributed by atoms with Crippen LogP contribution in [-0.2, 0) is 19.2 Å². The first-order valence-corrected chi connectivity index (χ1v) is 11.8. The van der Waals surface area contributed by atoms with Gasteiger partial charge in [-0.15, -0.1) is 0 Å². The van der Waals surface area contributed by atoms with Crippen LogP contribution in [0.4, 0.5) is 11.4 Å². The topological polar surface area (TPSA) is 93.2 Å². The maximum absolute atomic E-state index is 13.1. The number of carbonyl (C=O) groups is 4. The lowest BCUT2D eigenvalue weighted by atomic mass is 9.85. The Morgan fingerprint density at radius 3 is 2.20 bits per heavy atom. The van der Waals surface area contributed by atoms with Gasteiger partial charge in [-0.3, -0.25) is 19.2 Å². The number of fused-ring (bicyclic) bond motifs is 5. The van der Waals surface area contributed by atoms with Crippen molar-refractivity contribution in [2.24, 2.45) is 29.6 Å². The highest BCUT2D eigenvalue weighted by Gasteiger charge is 2.59. The van der Waals surface area contributed by atoms with Gasteiger partial charge in [0.25, 0.3) is 0 Å². The number of hydrogen-bond acceptors (Lipinski definition) is 6. The lowest BCUT2D eigenvalue weighted by Crippen LogP contribution is -2.32. The Kier molecular flexibility index (Phi) is 4.98. The molecule has 2 aromatic rings. The second-order valence-electron chi connectivity index (χ2n) is 9.54. The van der Waals surface area contributed by atoms with Crippen molar-refractivity contribution < 1.29 is 28.7 Å². The van der Waals surface area contributed by atoms with E-state index in [0.29, 0.717) is 17.1 Å². The van der Waals surface area contributed by atoms with Gasteiger partial charge in [-0.05, 0) is 42.5 Å². The van der Waals surface area contributed by atoms with Crippen LogP contribution >= 0.6 is 0 Å². The maximum atomic E-state index is 13.1. The lowest BCUT2D eigenvalue weighted by molar-refractivity contribution is -0.139. The number of allylic oxidation sites excluding steroid dienone is 2. The van der Waals surface area contributed by atoms with Crippen molar-refractivity contribution in [1.82, 2.24) is 0 Å². The van der Waals surface area contributed by atoms with Gasteiger partial charge in [-0.2, -0.15) is 0 Å². The van der Waals surface area contributed by atoms with E-state index in [-0.39, 0.29) is 60.1 Å². The second kappa shape index (κ2) is 8.08. The lowest BCUT2D eigenvalue weighted by Gasteiger charge is -2.18. The van der Waals surface area contributed by atoms with Crippen molar-refractivity contribution in [2.45, 2.75) is 12.8 Å². The molecule has 5 atom stereocenters. The molecule has 2 saturated heterocycles. The zero-order chi connectivity index (χ0) is 24.3. The summed E-state index contributed by atoms with van der Waals surface area (Å²) in [5.74, 6) is -1.18. The first-order valence-electron chi connectivity index (χ1n) is 11.8. The molecule has 0 aromatic heterocycles. The summed E-state index contributed by atoms with van der Waals surface area (Å²) in [7, 11) is 1.55. The molecule has 35 heavy (non-hydrogen) atoms. The van der Waals surface area contributed by atoms with Crippen molar-refractivity contribution in [3.05, 3.63) is 60.7 Å². The zero-order valence-corrected chi connectivity index (χ0v) is 19.1. The third kappa shape index (κ3) is 3.43. The molecule has 2 heterocycles. The molecule has 2 bridgehead atoms. The van der Waals surface area contributed by atoms with Crippen LogP contribution in [-0.4, -0.2) is 37.3 Å². The fourth-order valence-corrected chi connectivity index (χ4v) is 5.94. The van der Waals surface area contributed by atoms with Gasteiger partial charge in [0.2, 0.25) is 17.7 Å². The average Bonchev–Trinajstić information content (AvgIpc) is 3.63. The van der Waals surface area contributed by atoms with Crippen molar-refractivity contribution in [3.8, 4) is 11.5 Å². The van der Waals surface area contributed by atoms with Gasteiger partial charge in [0, 0.05) is 30.8 Å². The molecule has 3 amide bonds. The van der Waals surface area contributed by atoms with Crippen LogP contribution in [0.2, 0.25) is 0 Å². The molecule has 0 radical (unpaired) electrons. The van der Waals surface area contributed by atoms with E-state index in [1.807, 2.05) is 0 Å². The Hall–Kier alpha value is -3.94. The van der Waals surface area contributed by atoms with E-state index in [1.165, 1.54) is 4.90 Å². The number of rotatable bonds is 5. The highest BCUT2D eigenvalue weighted by molar-refractivity contribution is 6.22. The molecule has 178 valence electrons. The fourth-order valence-electron chi connectivity index (χ4n) is 5.94. The summed E-state index contributed by atoms with van der Waals surface area (Å²) in [6, 6.07) is 13.6. The number of hydrogen-bond donors (Lipinski definition) is 0.